The van der Waals surface area contributed by atoms with E-state index in [9.17, 15) is 4.79 Å². The lowest BCUT2D eigenvalue weighted by Crippen LogP contribution is -2.50. The molecule has 2 heterocycles. The molecule has 88 valence electrons. The molecular weight excluding hydrogens is 210 g/mol. The number of carbonyl (C=O) groups is 1. The molecule has 2 rings (SSSR count). The summed E-state index contributed by atoms with van der Waals surface area (Å²) in [5.74, 6) is 0.262. The van der Waals surface area contributed by atoms with Crippen LogP contribution in [-0.4, -0.2) is 50.3 Å². The van der Waals surface area contributed by atoms with Crippen molar-refractivity contribution in [1.29, 1.82) is 0 Å². The fourth-order valence-corrected chi connectivity index (χ4v) is 1.79. The Bertz CT molecular complexity index is 334. The number of furan rings is 1. The Morgan fingerprint density at radius 1 is 1.69 bits per heavy atom. The van der Waals surface area contributed by atoms with Crippen molar-refractivity contribution in [3.63, 3.8) is 0 Å². The van der Waals surface area contributed by atoms with E-state index in [0.29, 0.717) is 32.1 Å². The molecule has 0 N–H and O–H groups in total. The molecule has 1 aromatic rings. The molecule has 1 atom stereocenters. The molecular formula is C11H15NO4. The van der Waals surface area contributed by atoms with Gasteiger partial charge in [0.05, 0.1) is 32.1 Å². The minimum atomic E-state index is -0.102. The van der Waals surface area contributed by atoms with E-state index in [1.165, 1.54) is 6.26 Å². The van der Waals surface area contributed by atoms with E-state index in [4.69, 9.17) is 13.9 Å². The van der Waals surface area contributed by atoms with Gasteiger partial charge in [-0.05, 0) is 12.1 Å². The van der Waals surface area contributed by atoms with Crippen LogP contribution in [0.4, 0.5) is 0 Å². The molecule has 1 saturated heterocycles. The number of nitrogens with zero attached hydrogens (tertiary/aromatic N) is 1. The molecule has 1 unspecified atom stereocenters. The van der Waals surface area contributed by atoms with Crippen molar-refractivity contribution in [2.24, 2.45) is 0 Å². The molecule has 5 nitrogen and oxygen atoms in total. The Kier molecular flexibility index (Phi) is 3.58. The minimum Gasteiger partial charge on any atom is -0.459 e. The number of morpholine rings is 1. The van der Waals surface area contributed by atoms with Gasteiger partial charge in [0.2, 0.25) is 0 Å². The van der Waals surface area contributed by atoms with Crippen LogP contribution in [0, 0.1) is 0 Å². The topological polar surface area (TPSA) is 51.9 Å². The van der Waals surface area contributed by atoms with Gasteiger partial charge in [-0.1, -0.05) is 0 Å². The van der Waals surface area contributed by atoms with Gasteiger partial charge in [0.15, 0.2) is 5.76 Å². The molecule has 5 heteroatoms. The first-order valence-corrected chi connectivity index (χ1v) is 5.24. The van der Waals surface area contributed by atoms with E-state index in [2.05, 4.69) is 0 Å². The van der Waals surface area contributed by atoms with Crippen LogP contribution in [0.15, 0.2) is 22.8 Å². The van der Waals surface area contributed by atoms with Gasteiger partial charge in [0.1, 0.15) is 0 Å². The van der Waals surface area contributed by atoms with Crippen LogP contribution in [0.3, 0.4) is 0 Å². The van der Waals surface area contributed by atoms with Crippen molar-refractivity contribution in [1.82, 2.24) is 4.90 Å². The smallest absolute Gasteiger partial charge is 0.290 e. The van der Waals surface area contributed by atoms with Crippen molar-refractivity contribution in [2.45, 2.75) is 6.04 Å². The summed E-state index contributed by atoms with van der Waals surface area (Å²) in [5.41, 5.74) is 0. The third-order valence-corrected chi connectivity index (χ3v) is 2.58. The monoisotopic (exact) mass is 225 g/mol. The summed E-state index contributed by atoms with van der Waals surface area (Å²) in [5, 5.41) is 0. The number of amides is 1. The quantitative estimate of drug-likeness (QED) is 0.762. The predicted octanol–water partition coefficient (Wildman–Crippen LogP) is 0.767. The average molecular weight is 225 g/mol. The molecule has 0 spiro atoms. The zero-order valence-corrected chi connectivity index (χ0v) is 9.22. The van der Waals surface area contributed by atoms with Crippen molar-refractivity contribution >= 4 is 5.91 Å². The van der Waals surface area contributed by atoms with Gasteiger partial charge in [0, 0.05) is 13.7 Å². The summed E-state index contributed by atoms with van der Waals surface area (Å²) in [4.78, 5) is 13.8. The highest BCUT2D eigenvalue weighted by Crippen LogP contribution is 2.13. The van der Waals surface area contributed by atoms with E-state index in [-0.39, 0.29) is 11.9 Å². The third kappa shape index (κ3) is 2.25. The second kappa shape index (κ2) is 5.14. The normalized spacial score (nSPS) is 21.1. The van der Waals surface area contributed by atoms with E-state index >= 15 is 0 Å². The Morgan fingerprint density at radius 3 is 3.25 bits per heavy atom. The molecule has 16 heavy (non-hydrogen) atoms. The molecule has 1 aromatic heterocycles. The number of hydrogen-bond donors (Lipinski definition) is 0. The first kappa shape index (κ1) is 11.2. The number of ether oxygens (including phenoxy) is 2. The zero-order chi connectivity index (χ0) is 11.4. The van der Waals surface area contributed by atoms with Gasteiger partial charge in [-0.15, -0.1) is 0 Å². The Morgan fingerprint density at radius 2 is 2.56 bits per heavy atom. The van der Waals surface area contributed by atoms with Crippen molar-refractivity contribution in [3.05, 3.63) is 24.2 Å². The highest BCUT2D eigenvalue weighted by Gasteiger charge is 2.29. The van der Waals surface area contributed by atoms with Crippen LogP contribution in [0.25, 0.3) is 0 Å². The summed E-state index contributed by atoms with van der Waals surface area (Å²) >= 11 is 0. The highest BCUT2D eigenvalue weighted by molar-refractivity contribution is 5.91. The number of rotatable bonds is 3. The Labute approximate surface area is 93.9 Å². The maximum atomic E-state index is 12.1. The number of hydrogen-bond acceptors (Lipinski definition) is 4. The van der Waals surface area contributed by atoms with E-state index < -0.39 is 0 Å². The average Bonchev–Trinajstić information content (AvgIpc) is 2.83. The molecule has 0 saturated carbocycles. The fourth-order valence-electron chi connectivity index (χ4n) is 1.79. The molecule has 0 radical (unpaired) electrons. The van der Waals surface area contributed by atoms with E-state index in [0.717, 1.165) is 0 Å². The lowest BCUT2D eigenvalue weighted by atomic mass is 10.2. The van der Waals surface area contributed by atoms with Crippen LogP contribution in [0.2, 0.25) is 0 Å². The lowest BCUT2D eigenvalue weighted by molar-refractivity contribution is -0.0263. The van der Waals surface area contributed by atoms with Gasteiger partial charge in [-0.2, -0.15) is 0 Å². The third-order valence-electron chi connectivity index (χ3n) is 2.58. The van der Waals surface area contributed by atoms with Gasteiger partial charge in [-0.25, -0.2) is 0 Å². The van der Waals surface area contributed by atoms with Crippen LogP contribution in [0.1, 0.15) is 10.6 Å². The van der Waals surface area contributed by atoms with Crippen LogP contribution >= 0.6 is 0 Å². The largest absolute Gasteiger partial charge is 0.459 e. The second-order valence-electron chi connectivity index (χ2n) is 3.66. The maximum Gasteiger partial charge on any atom is 0.290 e. The Balaban J connectivity index is 2.08. The van der Waals surface area contributed by atoms with E-state index in [1.807, 2.05) is 0 Å². The lowest BCUT2D eigenvalue weighted by Gasteiger charge is -2.34. The maximum absolute atomic E-state index is 12.1. The molecule has 0 aliphatic carbocycles. The van der Waals surface area contributed by atoms with Gasteiger partial charge in [-0.3, -0.25) is 4.79 Å². The number of carbonyl (C=O) groups excluding carboxylic acids is 1. The minimum absolute atomic E-state index is 0.0312. The van der Waals surface area contributed by atoms with Gasteiger partial charge < -0.3 is 18.8 Å². The van der Waals surface area contributed by atoms with Crippen molar-refractivity contribution < 1.29 is 18.7 Å². The number of methoxy groups -OCH3 is 1. The van der Waals surface area contributed by atoms with Crippen LogP contribution < -0.4 is 0 Å². The predicted molar refractivity (Wildman–Crippen MR) is 56.2 cm³/mol. The fraction of sp³-hybridized carbons (Fsp3) is 0.545. The summed E-state index contributed by atoms with van der Waals surface area (Å²) in [6.07, 6.45) is 1.50. The molecule has 1 aliphatic heterocycles. The van der Waals surface area contributed by atoms with Crippen LogP contribution in [-0.2, 0) is 9.47 Å². The molecule has 1 fully saturated rings. The molecule has 0 bridgehead atoms. The summed E-state index contributed by atoms with van der Waals surface area (Å²) in [7, 11) is 1.62. The van der Waals surface area contributed by atoms with Gasteiger partial charge in [0.25, 0.3) is 5.91 Å². The highest BCUT2D eigenvalue weighted by atomic mass is 16.5. The van der Waals surface area contributed by atoms with Crippen LogP contribution in [0.5, 0.6) is 0 Å². The molecule has 1 amide bonds. The van der Waals surface area contributed by atoms with Crippen molar-refractivity contribution in [2.75, 3.05) is 33.5 Å². The standard InChI is InChI=1S/C11H15NO4/c1-14-7-9-8-15-6-4-12(9)11(13)10-3-2-5-16-10/h2-3,5,9H,4,6-8H2,1H3. The summed E-state index contributed by atoms with van der Waals surface area (Å²) < 4.78 is 15.5. The first-order chi connectivity index (χ1) is 7.83. The Hall–Kier alpha value is -1.33. The van der Waals surface area contributed by atoms with E-state index in [1.54, 1.807) is 24.1 Å². The SMILES string of the molecule is COCC1COCCN1C(=O)c1ccco1. The molecule has 0 aromatic carbocycles. The first-order valence-electron chi connectivity index (χ1n) is 5.24. The summed E-state index contributed by atoms with van der Waals surface area (Å²) in [6.45, 7) is 2.13. The second-order valence-corrected chi connectivity index (χ2v) is 3.66. The van der Waals surface area contributed by atoms with Crippen molar-refractivity contribution in [3.8, 4) is 0 Å². The van der Waals surface area contributed by atoms with Gasteiger partial charge >= 0.3 is 0 Å². The molecule has 1 aliphatic rings. The summed E-state index contributed by atoms with van der Waals surface area (Å²) in [6, 6.07) is 3.34. The zero-order valence-electron chi connectivity index (χ0n) is 9.22.